The molecule has 3 N–H and O–H groups in total. The largest absolute Gasteiger partial charge is 0.397 e. The van der Waals surface area contributed by atoms with Crippen LogP contribution in [0.2, 0.25) is 5.02 Å². The van der Waals surface area contributed by atoms with Crippen LogP contribution >= 0.6 is 11.6 Å². The molecule has 0 spiro atoms. The van der Waals surface area contributed by atoms with E-state index in [2.05, 4.69) is 10.3 Å². The van der Waals surface area contributed by atoms with E-state index in [9.17, 15) is 4.79 Å². The van der Waals surface area contributed by atoms with Gasteiger partial charge in [0.2, 0.25) is 5.91 Å². The molecule has 1 rings (SSSR count). The fourth-order valence-corrected chi connectivity index (χ4v) is 1.14. The Morgan fingerprint density at radius 2 is 2.47 bits per heavy atom. The number of carbonyl (C=O) groups is 1. The van der Waals surface area contributed by atoms with Crippen LogP contribution in [0, 0.1) is 0 Å². The summed E-state index contributed by atoms with van der Waals surface area (Å²) in [7, 11) is 0. The van der Waals surface area contributed by atoms with Gasteiger partial charge in [0.25, 0.3) is 0 Å². The Balaban J connectivity index is 2.60. The maximum absolute atomic E-state index is 10.6. The number of halogens is 1. The number of pyridine rings is 1. The first-order chi connectivity index (χ1) is 7.09. The predicted molar refractivity (Wildman–Crippen MR) is 61.4 cm³/mol. The van der Waals surface area contributed by atoms with Crippen molar-refractivity contribution >= 4 is 29.3 Å². The van der Waals surface area contributed by atoms with Gasteiger partial charge < -0.3 is 11.1 Å². The topological polar surface area (TPSA) is 68.0 Å². The van der Waals surface area contributed by atoms with Gasteiger partial charge in [0, 0.05) is 19.7 Å². The van der Waals surface area contributed by atoms with E-state index in [-0.39, 0.29) is 5.91 Å². The molecule has 1 aromatic heterocycles. The molecule has 0 aliphatic rings. The van der Waals surface area contributed by atoms with Crippen molar-refractivity contribution in [1.29, 1.82) is 0 Å². The highest BCUT2D eigenvalue weighted by Gasteiger charge is 1.97. The van der Waals surface area contributed by atoms with Crippen molar-refractivity contribution in [2.75, 3.05) is 12.3 Å². The highest BCUT2D eigenvalue weighted by molar-refractivity contribution is 6.30. The number of nitrogens with zero attached hydrogens (tertiary/aromatic N) is 1. The van der Waals surface area contributed by atoms with Crippen LogP contribution in [0.1, 0.15) is 12.6 Å². The minimum Gasteiger partial charge on any atom is -0.397 e. The summed E-state index contributed by atoms with van der Waals surface area (Å²) in [4.78, 5) is 14.6. The lowest BCUT2D eigenvalue weighted by Gasteiger charge is -1.99. The van der Waals surface area contributed by atoms with E-state index < -0.39 is 0 Å². The lowest BCUT2D eigenvalue weighted by molar-refractivity contribution is -0.118. The van der Waals surface area contributed by atoms with Crippen LogP contribution in [0.15, 0.2) is 18.3 Å². The number of nitrogens with one attached hydrogen (secondary N) is 1. The lowest BCUT2D eigenvalue weighted by Crippen LogP contribution is -2.19. The van der Waals surface area contributed by atoms with Gasteiger partial charge in [-0.3, -0.25) is 9.78 Å². The fourth-order valence-electron chi connectivity index (χ4n) is 0.978. The molecule has 0 saturated heterocycles. The van der Waals surface area contributed by atoms with Crippen molar-refractivity contribution < 1.29 is 4.79 Å². The SMILES string of the molecule is CC(=O)NCC=Cc1ncc(Cl)cc1N. The maximum atomic E-state index is 10.6. The molecule has 0 aliphatic heterocycles. The third-order valence-electron chi connectivity index (χ3n) is 1.66. The van der Waals surface area contributed by atoms with E-state index in [0.717, 1.165) is 0 Å². The van der Waals surface area contributed by atoms with E-state index in [1.807, 2.05) is 0 Å². The number of nitrogen functional groups attached to an aromatic ring is 1. The Hall–Kier alpha value is -1.55. The highest BCUT2D eigenvalue weighted by atomic mass is 35.5. The van der Waals surface area contributed by atoms with Gasteiger partial charge in [-0.2, -0.15) is 0 Å². The van der Waals surface area contributed by atoms with Gasteiger partial charge in [-0.25, -0.2) is 0 Å². The minimum atomic E-state index is -0.0725. The summed E-state index contributed by atoms with van der Waals surface area (Å²) in [6.45, 7) is 1.92. The van der Waals surface area contributed by atoms with Crippen molar-refractivity contribution in [3.8, 4) is 0 Å². The second-order valence-electron chi connectivity index (χ2n) is 2.97. The molecule has 0 atom stereocenters. The molecule has 0 aromatic carbocycles. The van der Waals surface area contributed by atoms with E-state index in [4.69, 9.17) is 17.3 Å². The molecule has 1 heterocycles. The number of hydrogen-bond donors (Lipinski definition) is 2. The summed E-state index contributed by atoms with van der Waals surface area (Å²) in [5.41, 5.74) is 6.84. The molecule has 5 heteroatoms. The van der Waals surface area contributed by atoms with Crippen molar-refractivity contribution in [3.63, 3.8) is 0 Å². The smallest absolute Gasteiger partial charge is 0.217 e. The molecule has 0 fully saturated rings. The quantitative estimate of drug-likeness (QED) is 0.819. The molecule has 15 heavy (non-hydrogen) atoms. The molecule has 0 unspecified atom stereocenters. The number of aromatic nitrogens is 1. The van der Waals surface area contributed by atoms with Gasteiger partial charge in [-0.15, -0.1) is 0 Å². The Bertz CT molecular complexity index is 390. The molecule has 0 bridgehead atoms. The van der Waals surface area contributed by atoms with Gasteiger partial charge in [-0.05, 0) is 12.1 Å². The lowest BCUT2D eigenvalue weighted by atomic mass is 10.3. The Labute approximate surface area is 93.1 Å². The van der Waals surface area contributed by atoms with E-state index in [1.165, 1.54) is 13.1 Å². The molecule has 80 valence electrons. The number of nitrogens with two attached hydrogens (primary N) is 1. The van der Waals surface area contributed by atoms with Crippen LogP contribution in [0.5, 0.6) is 0 Å². The summed E-state index contributed by atoms with van der Waals surface area (Å²) >= 11 is 5.70. The summed E-state index contributed by atoms with van der Waals surface area (Å²) in [5.74, 6) is -0.0725. The molecule has 1 amide bonds. The molecular formula is C10H12ClN3O. The minimum absolute atomic E-state index is 0.0725. The van der Waals surface area contributed by atoms with Crippen molar-refractivity contribution in [1.82, 2.24) is 10.3 Å². The van der Waals surface area contributed by atoms with Crippen molar-refractivity contribution in [2.45, 2.75) is 6.92 Å². The second kappa shape index (κ2) is 5.36. The first-order valence-electron chi connectivity index (χ1n) is 4.41. The number of hydrogen-bond acceptors (Lipinski definition) is 3. The second-order valence-corrected chi connectivity index (χ2v) is 3.40. The van der Waals surface area contributed by atoms with Crippen molar-refractivity contribution in [3.05, 3.63) is 29.1 Å². The Morgan fingerprint density at radius 3 is 3.07 bits per heavy atom. The zero-order valence-electron chi connectivity index (χ0n) is 8.33. The van der Waals surface area contributed by atoms with Crippen molar-refractivity contribution in [2.24, 2.45) is 0 Å². The van der Waals surface area contributed by atoms with Crippen LogP contribution < -0.4 is 11.1 Å². The summed E-state index contributed by atoms with van der Waals surface area (Å²) < 4.78 is 0. The van der Waals surface area contributed by atoms with Crippen LogP contribution in [0.3, 0.4) is 0 Å². The van der Waals surface area contributed by atoms with Gasteiger partial charge in [0.05, 0.1) is 16.4 Å². The molecule has 4 nitrogen and oxygen atoms in total. The van der Waals surface area contributed by atoms with Crippen LogP contribution in [0.25, 0.3) is 6.08 Å². The van der Waals surface area contributed by atoms with E-state index in [1.54, 1.807) is 18.2 Å². The third-order valence-corrected chi connectivity index (χ3v) is 1.87. The Morgan fingerprint density at radius 1 is 1.73 bits per heavy atom. The van der Waals surface area contributed by atoms with Crippen LogP contribution in [-0.2, 0) is 4.79 Å². The average molecular weight is 226 g/mol. The molecule has 0 aliphatic carbocycles. The van der Waals surface area contributed by atoms with Crippen LogP contribution in [-0.4, -0.2) is 17.4 Å². The van der Waals surface area contributed by atoms with E-state index in [0.29, 0.717) is 22.9 Å². The number of amides is 1. The molecule has 0 radical (unpaired) electrons. The standard InChI is InChI=1S/C10H12ClN3O/c1-7(15)13-4-2-3-10-9(12)5-8(11)6-14-10/h2-3,5-6H,4,12H2,1H3,(H,13,15). The normalized spacial score (nSPS) is 10.5. The first-order valence-corrected chi connectivity index (χ1v) is 4.79. The predicted octanol–water partition coefficient (Wildman–Crippen LogP) is 1.47. The van der Waals surface area contributed by atoms with Gasteiger partial charge in [0.1, 0.15) is 0 Å². The molecular weight excluding hydrogens is 214 g/mol. The van der Waals surface area contributed by atoms with E-state index >= 15 is 0 Å². The maximum Gasteiger partial charge on any atom is 0.217 e. The third kappa shape index (κ3) is 3.99. The highest BCUT2D eigenvalue weighted by Crippen LogP contribution is 2.15. The summed E-state index contributed by atoms with van der Waals surface area (Å²) in [6, 6.07) is 1.63. The van der Waals surface area contributed by atoms with Gasteiger partial charge in [-0.1, -0.05) is 17.7 Å². The Kier molecular flexibility index (Phi) is 4.12. The molecule has 0 saturated carbocycles. The van der Waals surface area contributed by atoms with Gasteiger partial charge >= 0.3 is 0 Å². The zero-order chi connectivity index (χ0) is 11.3. The first kappa shape index (κ1) is 11.5. The number of rotatable bonds is 3. The number of carbonyl (C=O) groups excluding carboxylic acids is 1. The molecule has 1 aromatic rings. The van der Waals surface area contributed by atoms with Crippen LogP contribution in [0.4, 0.5) is 5.69 Å². The monoisotopic (exact) mass is 225 g/mol. The number of anilines is 1. The average Bonchev–Trinajstić information content (AvgIpc) is 2.14. The zero-order valence-corrected chi connectivity index (χ0v) is 9.08. The fraction of sp³-hybridized carbons (Fsp3) is 0.200. The summed E-state index contributed by atoms with van der Waals surface area (Å²) in [5, 5.41) is 3.13. The van der Waals surface area contributed by atoms with Gasteiger partial charge in [0.15, 0.2) is 0 Å². The summed E-state index contributed by atoms with van der Waals surface area (Å²) in [6.07, 6.45) is 5.03.